The summed E-state index contributed by atoms with van der Waals surface area (Å²) in [6.07, 6.45) is 2.90. The van der Waals surface area contributed by atoms with Gasteiger partial charge in [-0.1, -0.05) is 0 Å². The van der Waals surface area contributed by atoms with E-state index in [0.717, 1.165) is 5.69 Å². The van der Waals surface area contributed by atoms with E-state index in [1.54, 1.807) is 17.4 Å². The first-order valence-electron chi connectivity index (χ1n) is 3.35. The number of hydrogen-bond acceptors (Lipinski definition) is 4. The average Bonchev–Trinajstić information content (AvgIpc) is 2.65. The Morgan fingerprint density at radius 3 is 3.00 bits per heavy atom. The van der Waals surface area contributed by atoms with Gasteiger partial charge in [-0.05, 0) is 11.4 Å². The van der Waals surface area contributed by atoms with Crippen LogP contribution in [0, 0.1) is 0 Å². The van der Waals surface area contributed by atoms with Crippen LogP contribution in [-0.4, -0.2) is 11.7 Å². The molecule has 4 heteroatoms. The molecule has 2 rings (SSSR count). The Hall–Kier alpha value is -1.42. The van der Waals surface area contributed by atoms with Gasteiger partial charge in [-0.15, -0.1) is 0 Å². The maximum atomic E-state index is 10.9. The second kappa shape index (κ2) is 2.91. The molecule has 0 unspecified atom stereocenters. The third-order valence-corrected chi connectivity index (χ3v) is 2.04. The van der Waals surface area contributed by atoms with Crippen molar-refractivity contribution in [2.24, 2.45) is 4.99 Å². The van der Waals surface area contributed by atoms with Gasteiger partial charge in [0, 0.05) is 11.5 Å². The second-order valence-electron chi connectivity index (χ2n) is 2.19. The zero-order chi connectivity index (χ0) is 8.39. The summed E-state index contributed by atoms with van der Waals surface area (Å²) < 4.78 is 4.57. The molecule has 1 aliphatic rings. The van der Waals surface area contributed by atoms with Crippen molar-refractivity contribution < 1.29 is 9.53 Å². The molecular weight excluding hydrogens is 174 g/mol. The summed E-state index contributed by atoms with van der Waals surface area (Å²) in [4.78, 5) is 15.0. The molecule has 0 atom stereocenters. The highest BCUT2D eigenvalue weighted by molar-refractivity contribution is 7.08. The van der Waals surface area contributed by atoms with Crippen molar-refractivity contribution >= 4 is 28.7 Å². The Morgan fingerprint density at radius 1 is 1.50 bits per heavy atom. The van der Waals surface area contributed by atoms with Gasteiger partial charge in [-0.2, -0.15) is 11.3 Å². The molecule has 0 N–H and O–H groups in total. The molecular formula is C8H5NO2S. The first-order valence-corrected chi connectivity index (χ1v) is 4.29. The predicted molar refractivity (Wildman–Crippen MR) is 46.6 cm³/mol. The van der Waals surface area contributed by atoms with Crippen LogP contribution in [0.1, 0.15) is 0 Å². The maximum absolute atomic E-state index is 10.9. The maximum Gasteiger partial charge on any atom is 0.361 e. The SMILES string of the molecule is O=C1OC=CC1=Nc1ccsc1. The molecule has 0 amide bonds. The van der Waals surface area contributed by atoms with E-state index in [1.165, 1.54) is 6.26 Å². The van der Waals surface area contributed by atoms with Crippen LogP contribution in [0.4, 0.5) is 5.69 Å². The molecule has 60 valence electrons. The largest absolute Gasteiger partial charge is 0.430 e. The van der Waals surface area contributed by atoms with Crippen LogP contribution in [0.3, 0.4) is 0 Å². The smallest absolute Gasteiger partial charge is 0.361 e. The lowest BCUT2D eigenvalue weighted by atomic mass is 10.4. The first-order chi connectivity index (χ1) is 5.86. The summed E-state index contributed by atoms with van der Waals surface area (Å²) in [7, 11) is 0. The van der Waals surface area contributed by atoms with Gasteiger partial charge < -0.3 is 4.74 Å². The van der Waals surface area contributed by atoms with E-state index in [9.17, 15) is 4.79 Å². The molecule has 2 heterocycles. The molecule has 3 nitrogen and oxygen atoms in total. The lowest BCUT2D eigenvalue weighted by Gasteiger charge is -1.88. The molecule has 0 fully saturated rings. The van der Waals surface area contributed by atoms with E-state index in [4.69, 9.17) is 0 Å². The van der Waals surface area contributed by atoms with E-state index in [-0.39, 0.29) is 5.97 Å². The number of esters is 1. The summed E-state index contributed by atoms with van der Waals surface area (Å²) in [6.45, 7) is 0. The minimum absolute atomic E-state index is 0.355. The Morgan fingerprint density at radius 2 is 2.42 bits per heavy atom. The quantitative estimate of drug-likeness (QED) is 0.617. The summed E-state index contributed by atoms with van der Waals surface area (Å²) in [5.41, 5.74) is 1.15. The molecule has 0 radical (unpaired) electrons. The standard InChI is InChI=1S/C8H5NO2S/c10-8-7(1-3-11-8)9-6-2-4-12-5-6/h1-5H. The number of thiophene rings is 1. The lowest BCUT2D eigenvalue weighted by Crippen LogP contribution is -2.05. The molecule has 0 bridgehead atoms. The molecule has 1 aromatic rings. The summed E-state index contributed by atoms with van der Waals surface area (Å²) in [5, 5.41) is 3.77. The minimum atomic E-state index is -0.388. The first kappa shape index (κ1) is 7.24. The number of cyclic esters (lactones) is 1. The van der Waals surface area contributed by atoms with E-state index >= 15 is 0 Å². The Labute approximate surface area is 73.0 Å². The Bertz CT molecular complexity index is 351. The van der Waals surface area contributed by atoms with Crippen LogP contribution in [0.5, 0.6) is 0 Å². The van der Waals surface area contributed by atoms with Crippen LogP contribution in [0.2, 0.25) is 0 Å². The van der Waals surface area contributed by atoms with Crippen LogP contribution in [-0.2, 0) is 9.53 Å². The van der Waals surface area contributed by atoms with Crippen LogP contribution < -0.4 is 0 Å². The molecule has 0 aliphatic carbocycles. The van der Waals surface area contributed by atoms with Gasteiger partial charge in [-0.25, -0.2) is 9.79 Å². The van der Waals surface area contributed by atoms with Crippen molar-refractivity contribution in [3.63, 3.8) is 0 Å². The van der Waals surface area contributed by atoms with Crippen LogP contribution in [0.15, 0.2) is 34.2 Å². The fourth-order valence-corrected chi connectivity index (χ4v) is 1.40. The van der Waals surface area contributed by atoms with E-state index in [1.807, 2.05) is 16.8 Å². The number of carbonyl (C=O) groups is 1. The topological polar surface area (TPSA) is 38.7 Å². The molecule has 12 heavy (non-hydrogen) atoms. The van der Waals surface area contributed by atoms with Crippen LogP contribution >= 0.6 is 11.3 Å². The normalized spacial score (nSPS) is 18.7. The number of ether oxygens (including phenoxy) is 1. The molecule has 0 saturated heterocycles. The van der Waals surface area contributed by atoms with Crippen molar-refractivity contribution in [3.8, 4) is 0 Å². The lowest BCUT2D eigenvalue weighted by molar-refractivity contribution is -0.129. The number of carbonyl (C=O) groups excluding carboxylic acids is 1. The molecule has 0 aromatic carbocycles. The van der Waals surface area contributed by atoms with Gasteiger partial charge in [0.25, 0.3) is 0 Å². The van der Waals surface area contributed by atoms with Gasteiger partial charge >= 0.3 is 5.97 Å². The summed E-state index contributed by atoms with van der Waals surface area (Å²) in [5.74, 6) is -0.388. The number of rotatable bonds is 1. The van der Waals surface area contributed by atoms with Crippen LogP contribution in [0.25, 0.3) is 0 Å². The van der Waals surface area contributed by atoms with Crippen molar-refractivity contribution in [1.29, 1.82) is 0 Å². The zero-order valence-corrected chi connectivity index (χ0v) is 6.88. The van der Waals surface area contributed by atoms with Crippen molar-refractivity contribution in [3.05, 3.63) is 29.2 Å². The Balaban J connectivity index is 2.29. The van der Waals surface area contributed by atoms with E-state index < -0.39 is 0 Å². The van der Waals surface area contributed by atoms with Crippen molar-refractivity contribution in [2.75, 3.05) is 0 Å². The third kappa shape index (κ3) is 1.29. The monoisotopic (exact) mass is 179 g/mol. The number of nitrogens with zero attached hydrogens (tertiary/aromatic N) is 1. The molecule has 0 saturated carbocycles. The predicted octanol–water partition coefficient (Wildman–Crippen LogP) is 1.89. The van der Waals surface area contributed by atoms with E-state index in [2.05, 4.69) is 9.73 Å². The molecule has 1 aromatic heterocycles. The average molecular weight is 179 g/mol. The van der Waals surface area contributed by atoms with E-state index in [0.29, 0.717) is 5.71 Å². The third-order valence-electron chi connectivity index (χ3n) is 1.37. The summed E-state index contributed by atoms with van der Waals surface area (Å²) >= 11 is 1.54. The molecule has 1 aliphatic heterocycles. The zero-order valence-electron chi connectivity index (χ0n) is 6.06. The fraction of sp³-hybridized carbons (Fsp3) is 0. The molecule has 0 spiro atoms. The fourth-order valence-electron chi connectivity index (χ4n) is 0.832. The van der Waals surface area contributed by atoms with Gasteiger partial charge in [0.1, 0.15) is 0 Å². The van der Waals surface area contributed by atoms with Crippen molar-refractivity contribution in [2.45, 2.75) is 0 Å². The second-order valence-corrected chi connectivity index (χ2v) is 2.97. The highest BCUT2D eigenvalue weighted by Gasteiger charge is 2.14. The Kier molecular flexibility index (Phi) is 1.75. The minimum Gasteiger partial charge on any atom is -0.430 e. The number of aliphatic imine (C=N–C) groups is 1. The van der Waals surface area contributed by atoms with Gasteiger partial charge in [-0.3, -0.25) is 0 Å². The van der Waals surface area contributed by atoms with Gasteiger partial charge in [0.05, 0.1) is 11.9 Å². The highest BCUT2D eigenvalue weighted by atomic mass is 32.1. The summed E-state index contributed by atoms with van der Waals surface area (Å²) in [6, 6.07) is 1.84. The van der Waals surface area contributed by atoms with Crippen molar-refractivity contribution in [1.82, 2.24) is 0 Å². The van der Waals surface area contributed by atoms with Gasteiger partial charge in [0.15, 0.2) is 5.71 Å². The number of hydrogen-bond donors (Lipinski definition) is 0. The highest BCUT2D eigenvalue weighted by Crippen LogP contribution is 2.17. The van der Waals surface area contributed by atoms with Gasteiger partial charge in [0.2, 0.25) is 0 Å².